The molecule has 0 atom stereocenters. The summed E-state index contributed by atoms with van der Waals surface area (Å²) in [6.07, 6.45) is 4.83. The van der Waals surface area contributed by atoms with Gasteiger partial charge in [-0.25, -0.2) is 27.7 Å². The van der Waals surface area contributed by atoms with Crippen molar-refractivity contribution in [3.8, 4) is 11.6 Å². The van der Waals surface area contributed by atoms with Gasteiger partial charge in [0.25, 0.3) is 0 Å². The third-order valence-electron chi connectivity index (χ3n) is 5.60. The number of halogens is 3. The van der Waals surface area contributed by atoms with Crippen molar-refractivity contribution in [3.05, 3.63) is 65.4 Å². The molecule has 1 aromatic carbocycles. The van der Waals surface area contributed by atoms with E-state index in [1.54, 1.807) is 22.9 Å². The SMILES string of the molecule is Nc1nc(C2CCN(Cc3c(F)cc(F)cc3F)CC2)cn2nc(-c3ccco3)nc12. The quantitative estimate of drug-likeness (QED) is 0.533. The number of nitrogens with zero attached hydrogens (tertiary/aromatic N) is 5. The first kappa shape index (κ1) is 19.6. The molecule has 0 bridgehead atoms. The Labute approximate surface area is 175 Å². The standard InChI is InChI=1S/C21H19F3N6O/c22-13-8-15(23)14(16(24)9-13)10-29-5-3-12(4-6-29)17-11-30-21(19(25)26-17)27-20(28-30)18-2-1-7-31-18/h1-2,7-9,11-12H,3-6,10H2,(H2,25,26). The number of likely N-dealkylation sites (tertiary alicyclic amines) is 1. The lowest BCUT2D eigenvalue weighted by Gasteiger charge is -2.31. The van der Waals surface area contributed by atoms with E-state index in [0.29, 0.717) is 42.5 Å². The van der Waals surface area contributed by atoms with Crippen LogP contribution in [0.5, 0.6) is 0 Å². The summed E-state index contributed by atoms with van der Waals surface area (Å²) >= 11 is 0. The normalized spacial score (nSPS) is 15.7. The maximum Gasteiger partial charge on any atom is 0.218 e. The third kappa shape index (κ3) is 3.74. The van der Waals surface area contributed by atoms with Crippen molar-refractivity contribution in [2.75, 3.05) is 18.8 Å². The predicted molar refractivity (Wildman–Crippen MR) is 106 cm³/mol. The Morgan fingerprint density at radius 2 is 1.84 bits per heavy atom. The lowest BCUT2D eigenvalue weighted by Crippen LogP contribution is -2.33. The van der Waals surface area contributed by atoms with Crippen LogP contribution < -0.4 is 5.73 Å². The van der Waals surface area contributed by atoms with Crippen LogP contribution in [0.3, 0.4) is 0 Å². The Morgan fingerprint density at radius 1 is 1.10 bits per heavy atom. The zero-order valence-corrected chi connectivity index (χ0v) is 16.4. The van der Waals surface area contributed by atoms with Crippen molar-refractivity contribution in [1.29, 1.82) is 0 Å². The number of anilines is 1. The van der Waals surface area contributed by atoms with Gasteiger partial charge in [0, 0.05) is 30.2 Å². The van der Waals surface area contributed by atoms with Gasteiger partial charge >= 0.3 is 0 Å². The van der Waals surface area contributed by atoms with Crippen LogP contribution in [0, 0.1) is 17.5 Å². The minimum atomic E-state index is -0.917. The molecule has 4 heterocycles. The van der Waals surface area contributed by atoms with Crippen LogP contribution in [0.25, 0.3) is 17.2 Å². The van der Waals surface area contributed by atoms with Gasteiger partial charge in [0.1, 0.15) is 17.5 Å². The van der Waals surface area contributed by atoms with Gasteiger partial charge in [-0.05, 0) is 38.1 Å². The van der Waals surface area contributed by atoms with Crippen molar-refractivity contribution in [1.82, 2.24) is 24.5 Å². The molecule has 1 saturated heterocycles. The fraction of sp³-hybridized carbons (Fsp3) is 0.286. The van der Waals surface area contributed by atoms with Crippen LogP contribution in [0.4, 0.5) is 19.0 Å². The Morgan fingerprint density at radius 3 is 2.52 bits per heavy atom. The van der Waals surface area contributed by atoms with Gasteiger partial charge in [-0.3, -0.25) is 4.90 Å². The molecule has 3 aromatic heterocycles. The highest BCUT2D eigenvalue weighted by Gasteiger charge is 2.25. The topological polar surface area (TPSA) is 85.5 Å². The first-order chi connectivity index (χ1) is 15.0. The molecule has 1 fully saturated rings. The number of fused-ring (bicyclic) bond motifs is 1. The molecule has 5 rings (SSSR count). The number of rotatable bonds is 4. The molecular formula is C21H19F3N6O. The number of hydrogen-bond donors (Lipinski definition) is 1. The van der Waals surface area contributed by atoms with Gasteiger partial charge < -0.3 is 10.2 Å². The number of aromatic nitrogens is 4. The van der Waals surface area contributed by atoms with Crippen molar-refractivity contribution >= 4 is 11.5 Å². The van der Waals surface area contributed by atoms with E-state index in [1.807, 2.05) is 11.1 Å². The summed E-state index contributed by atoms with van der Waals surface area (Å²) in [5.74, 6) is -1.27. The maximum absolute atomic E-state index is 14.0. The summed E-state index contributed by atoms with van der Waals surface area (Å²) in [5, 5.41) is 4.44. The van der Waals surface area contributed by atoms with Crippen LogP contribution in [0.15, 0.2) is 41.1 Å². The molecule has 2 N–H and O–H groups in total. The molecule has 0 unspecified atom stereocenters. The molecule has 31 heavy (non-hydrogen) atoms. The maximum atomic E-state index is 14.0. The van der Waals surface area contributed by atoms with Gasteiger partial charge in [0.2, 0.25) is 5.82 Å². The van der Waals surface area contributed by atoms with E-state index in [1.165, 1.54) is 0 Å². The fourth-order valence-corrected chi connectivity index (χ4v) is 3.97. The molecule has 1 aliphatic heterocycles. The molecule has 0 spiro atoms. The number of furan rings is 1. The van der Waals surface area contributed by atoms with E-state index >= 15 is 0 Å². The molecule has 0 aliphatic carbocycles. The summed E-state index contributed by atoms with van der Waals surface area (Å²) in [7, 11) is 0. The van der Waals surface area contributed by atoms with Crippen LogP contribution >= 0.6 is 0 Å². The minimum absolute atomic E-state index is 0.0921. The lowest BCUT2D eigenvalue weighted by molar-refractivity contribution is 0.198. The van der Waals surface area contributed by atoms with Crippen LogP contribution in [-0.2, 0) is 6.54 Å². The Kier molecular flexibility index (Phi) is 4.85. The number of benzene rings is 1. The molecule has 0 amide bonds. The Hall–Kier alpha value is -3.40. The highest BCUT2D eigenvalue weighted by Crippen LogP contribution is 2.30. The largest absolute Gasteiger partial charge is 0.461 e. The first-order valence-electron chi connectivity index (χ1n) is 9.90. The number of piperidine rings is 1. The van der Waals surface area contributed by atoms with Gasteiger partial charge in [-0.15, -0.1) is 5.10 Å². The van der Waals surface area contributed by atoms with Crippen LogP contribution in [0.2, 0.25) is 0 Å². The molecule has 0 radical (unpaired) electrons. The fourth-order valence-electron chi connectivity index (χ4n) is 3.97. The van der Waals surface area contributed by atoms with Gasteiger partial charge in [-0.2, -0.15) is 0 Å². The van der Waals surface area contributed by atoms with Crippen molar-refractivity contribution in [2.45, 2.75) is 25.3 Å². The number of nitrogens with two attached hydrogens (primary N) is 1. The Bertz CT molecular complexity index is 1210. The summed E-state index contributed by atoms with van der Waals surface area (Å²) in [6, 6.07) is 4.94. The Balaban J connectivity index is 1.31. The average molecular weight is 428 g/mol. The zero-order chi connectivity index (χ0) is 21.5. The second-order valence-corrected chi connectivity index (χ2v) is 7.63. The zero-order valence-electron chi connectivity index (χ0n) is 16.4. The average Bonchev–Trinajstić information content (AvgIpc) is 3.41. The molecule has 160 valence electrons. The van der Waals surface area contributed by atoms with Gasteiger partial charge in [-0.1, -0.05) is 0 Å². The lowest BCUT2D eigenvalue weighted by atomic mass is 9.93. The van der Waals surface area contributed by atoms with E-state index in [0.717, 1.165) is 18.5 Å². The summed E-state index contributed by atoms with van der Waals surface area (Å²) in [5.41, 5.74) is 7.25. The monoisotopic (exact) mass is 428 g/mol. The van der Waals surface area contributed by atoms with Crippen molar-refractivity contribution in [2.24, 2.45) is 0 Å². The van der Waals surface area contributed by atoms with E-state index in [9.17, 15) is 13.2 Å². The first-order valence-corrected chi connectivity index (χ1v) is 9.90. The van der Waals surface area contributed by atoms with E-state index in [2.05, 4.69) is 15.1 Å². The predicted octanol–water partition coefficient (Wildman–Crippen LogP) is 3.76. The smallest absolute Gasteiger partial charge is 0.218 e. The summed E-state index contributed by atoms with van der Waals surface area (Å²) in [6.45, 7) is 1.33. The molecule has 7 nitrogen and oxygen atoms in total. The highest BCUT2D eigenvalue weighted by molar-refractivity contribution is 5.63. The minimum Gasteiger partial charge on any atom is -0.461 e. The van der Waals surface area contributed by atoms with Crippen LogP contribution in [-0.4, -0.2) is 37.6 Å². The molecule has 1 aliphatic rings. The molecule has 4 aromatic rings. The second kappa shape index (κ2) is 7.69. The molecular weight excluding hydrogens is 409 g/mol. The summed E-state index contributed by atoms with van der Waals surface area (Å²) in [4.78, 5) is 10.8. The molecule has 0 saturated carbocycles. The van der Waals surface area contributed by atoms with Crippen LogP contribution in [0.1, 0.15) is 30.0 Å². The van der Waals surface area contributed by atoms with E-state index < -0.39 is 17.5 Å². The van der Waals surface area contributed by atoms with E-state index in [4.69, 9.17) is 10.2 Å². The number of nitrogen functional groups attached to an aromatic ring is 1. The van der Waals surface area contributed by atoms with Gasteiger partial charge in [0.05, 0.1) is 18.2 Å². The summed E-state index contributed by atoms with van der Waals surface area (Å²) < 4.78 is 48.0. The molecule has 10 heteroatoms. The number of hydrogen-bond acceptors (Lipinski definition) is 6. The highest BCUT2D eigenvalue weighted by atomic mass is 19.1. The third-order valence-corrected chi connectivity index (χ3v) is 5.60. The van der Waals surface area contributed by atoms with Crippen molar-refractivity contribution in [3.63, 3.8) is 0 Å². The van der Waals surface area contributed by atoms with E-state index in [-0.39, 0.29) is 23.8 Å². The van der Waals surface area contributed by atoms with Crippen molar-refractivity contribution < 1.29 is 17.6 Å². The second-order valence-electron chi connectivity index (χ2n) is 7.63. The van der Waals surface area contributed by atoms with Gasteiger partial charge in [0.15, 0.2) is 17.2 Å².